The van der Waals surface area contributed by atoms with Gasteiger partial charge in [0.1, 0.15) is 0 Å². The highest BCUT2D eigenvalue weighted by molar-refractivity contribution is 14.1. The quantitative estimate of drug-likeness (QED) is 0.763. The smallest absolute Gasteiger partial charge is 0.220 e. The molecule has 0 aromatic carbocycles. The minimum Gasteiger partial charge on any atom is -0.369 e. The molecule has 0 rings (SSSR count). The van der Waals surface area contributed by atoms with Crippen LogP contribution in [0.2, 0.25) is 0 Å². The van der Waals surface area contributed by atoms with Gasteiger partial charge in [0.25, 0.3) is 0 Å². The zero-order valence-electron chi connectivity index (χ0n) is 6.01. The van der Waals surface area contributed by atoms with Crippen molar-refractivity contribution in [2.24, 2.45) is 11.7 Å². The number of primary amides is 1. The van der Waals surface area contributed by atoms with Gasteiger partial charge in [0.2, 0.25) is 5.91 Å². The van der Waals surface area contributed by atoms with Crippen molar-refractivity contribution in [3.8, 4) is 0 Å². The Bertz CT molecular complexity index is 134. The van der Waals surface area contributed by atoms with Gasteiger partial charge < -0.3 is 5.73 Å². The van der Waals surface area contributed by atoms with Crippen LogP contribution in [0.15, 0.2) is 10.2 Å². The second-order valence-electron chi connectivity index (χ2n) is 2.24. The summed E-state index contributed by atoms with van der Waals surface area (Å²) in [4.78, 5) is 10.5. The zero-order valence-corrected chi connectivity index (χ0v) is 8.17. The van der Waals surface area contributed by atoms with E-state index in [0.29, 0.717) is 0 Å². The summed E-state index contributed by atoms with van der Waals surface area (Å²) in [6.45, 7) is 1.85. The van der Waals surface area contributed by atoms with Crippen LogP contribution in [0.25, 0.3) is 0 Å². The van der Waals surface area contributed by atoms with Gasteiger partial charge in [-0.1, -0.05) is 35.6 Å². The number of amides is 1. The molecule has 0 saturated heterocycles. The SMILES string of the molecule is CC(CC/C=C/I)C(N)=O. The van der Waals surface area contributed by atoms with E-state index in [0.717, 1.165) is 12.8 Å². The van der Waals surface area contributed by atoms with E-state index in [4.69, 9.17) is 5.73 Å². The van der Waals surface area contributed by atoms with Crippen molar-refractivity contribution in [2.75, 3.05) is 0 Å². The van der Waals surface area contributed by atoms with Gasteiger partial charge in [-0.05, 0) is 16.9 Å². The van der Waals surface area contributed by atoms with E-state index in [-0.39, 0.29) is 11.8 Å². The number of allylic oxidation sites excluding steroid dienone is 1. The second kappa shape index (κ2) is 5.70. The maximum Gasteiger partial charge on any atom is 0.220 e. The Hall–Kier alpha value is -0.0600. The topological polar surface area (TPSA) is 43.1 Å². The molecule has 10 heavy (non-hydrogen) atoms. The molecule has 58 valence electrons. The van der Waals surface area contributed by atoms with Crippen LogP contribution in [0.1, 0.15) is 19.8 Å². The predicted molar refractivity (Wildman–Crippen MR) is 50.8 cm³/mol. The van der Waals surface area contributed by atoms with Crippen molar-refractivity contribution in [2.45, 2.75) is 19.8 Å². The molecule has 0 bridgehead atoms. The third-order valence-electron chi connectivity index (χ3n) is 1.34. The minimum atomic E-state index is -0.207. The van der Waals surface area contributed by atoms with Crippen molar-refractivity contribution in [1.82, 2.24) is 0 Å². The molecule has 0 spiro atoms. The van der Waals surface area contributed by atoms with E-state index in [9.17, 15) is 4.79 Å². The van der Waals surface area contributed by atoms with E-state index in [1.165, 1.54) is 0 Å². The molecular weight excluding hydrogens is 241 g/mol. The van der Waals surface area contributed by atoms with Crippen molar-refractivity contribution in [3.05, 3.63) is 10.2 Å². The largest absolute Gasteiger partial charge is 0.369 e. The van der Waals surface area contributed by atoms with Crippen LogP contribution in [-0.2, 0) is 4.79 Å². The number of carbonyl (C=O) groups excluding carboxylic acids is 1. The van der Waals surface area contributed by atoms with Crippen LogP contribution in [0, 0.1) is 5.92 Å². The van der Waals surface area contributed by atoms with Gasteiger partial charge in [-0.2, -0.15) is 0 Å². The number of nitrogens with two attached hydrogens (primary N) is 1. The Morgan fingerprint density at radius 2 is 2.40 bits per heavy atom. The lowest BCUT2D eigenvalue weighted by atomic mass is 10.1. The standard InChI is InChI=1S/C7H12INO/c1-6(7(9)10)4-2-3-5-8/h3,5-6H,2,4H2,1H3,(H2,9,10)/b5-3+. The van der Waals surface area contributed by atoms with E-state index in [2.05, 4.69) is 22.6 Å². The van der Waals surface area contributed by atoms with Gasteiger partial charge in [-0.25, -0.2) is 0 Å². The first-order chi connectivity index (χ1) is 4.68. The molecule has 0 radical (unpaired) electrons. The molecule has 3 heteroatoms. The molecule has 0 aromatic heterocycles. The fourth-order valence-electron chi connectivity index (χ4n) is 0.551. The molecule has 1 atom stereocenters. The van der Waals surface area contributed by atoms with Crippen LogP contribution in [-0.4, -0.2) is 5.91 Å². The zero-order chi connectivity index (χ0) is 7.98. The van der Waals surface area contributed by atoms with Crippen LogP contribution >= 0.6 is 22.6 Å². The molecule has 0 heterocycles. The summed E-state index contributed by atoms with van der Waals surface area (Å²) in [5, 5.41) is 0. The molecule has 0 aliphatic heterocycles. The summed E-state index contributed by atoms with van der Waals surface area (Å²) in [5.41, 5.74) is 5.05. The molecule has 1 unspecified atom stereocenters. The fourth-order valence-corrected chi connectivity index (χ4v) is 0.911. The van der Waals surface area contributed by atoms with Crippen molar-refractivity contribution >= 4 is 28.5 Å². The lowest BCUT2D eigenvalue weighted by molar-refractivity contribution is -0.121. The Morgan fingerprint density at radius 1 is 1.80 bits per heavy atom. The molecular formula is C7H12INO. The van der Waals surface area contributed by atoms with E-state index >= 15 is 0 Å². The summed E-state index contributed by atoms with van der Waals surface area (Å²) >= 11 is 2.15. The first kappa shape index (κ1) is 9.94. The van der Waals surface area contributed by atoms with Crippen LogP contribution < -0.4 is 5.73 Å². The summed E-state index contributed by atoms with van der Waals surface area (Å²) in [6.07, 6.45) is 3.82. The van der Waals surface area contributed by atoms with Crippen LogP contribution in [0.5, 0.6) is 0 Å². The highest BCUT2D eigenvalue weighted by Gasteiger charge is 2.05. The van der Waals surface area contributed by atoms with Crippen molar-refractivity contribution < 1.29 is 4.79 Å². The summed E-state index contributed by atoms with van der Waals surface area (Å²) < 4.78 is 1.95. The number of hydrogen-bond donors (Lipinski definition) is 1. The highest BCUT2D eigenvalue weighted by atomic mass is 127. The Kier molecular flexibility index (Phi) is 5.67. The third kappa shape index (κ3) is 4.78. The molecule has 0 aliphatic carbocycles. The van der Waals surface area contributed by atoms with Gasteiger partial charge in [0.15, 0.2) is 0 Å². The lowest BCUT2D eigenvalue weighted by Gasteiger charge is -2.02. The Morgan fingerprint density at radius 3 is 2.80 bits per heavy atom. The van der Waals surface area contributed by atoms with E-state index in [1.54, 1.807) is 0 Å². The Labute approximate surface area is 75.0 Å². The minimum absolute atomic E-state index is 0.00704. The van der Waals surface area contributed by atoms with Crippen molar-refractivity contribution in [3.63, 3.8) is 0 Å². The van der Waals surface area contributed by atoms with Gasteiger partial charge in [-0.3, -0.25) is 4.79 Å². The van der Waals surface area contributed by atoms with Crippen molar-refractivity contribution in [1.29, 1.82) is 0 Å². The average Bonchev–Trinajstić information content (AvgIpc) is 1.88. The first-order valence-electron chi connectivity index (χ1n) is 3.23. The normalized spacial score (nSPS) is 13.8. The molecule has 1 amide bonds. The third-order valence-corrected chi connectivity index (χ3v) is 1.85. The number of rotatable bonds is 4. The maximum atomic E-state index is 10.5. The number of carbonyl (C=O) groups is 1. The first-order valence-corrected chi connectivity index (χ1v) is 4.47. The summed E-state index contributed by atoms with van der Waals surface area (Å²) in [7, 11) is 0. The molecule has 2 N–H and O–H groups in total. The van der Waals surface area contributed by atoms with Gasteiger partial charge in [0, 0.05) is 5.92 Å². The summed E-state index contributed by atoms with van der Waals surface area (Å²) in [5.74, 6) is -0.200. The summed E-state index contributed by atoms with van der Waals surface area (Å²) in [6, 6.07) is 0. The van der Waals surface area contributed by atoms with Crippen LogP contribution in [0.4, 0.5) is 0 Å². The highest BCUT2D eigenvalue weighted by Crippen LogP contribution is 2.05. The second-order valence-corrected chi connectivity index (χ2v) is 2.96. The number of hydrogen-bond acceptors (Lipinski definition) is 1. The van der Waals surface area contributed by atoms with Crippen LogP contribution in [0.3, 0.4) is 0 Å². The van der Waals surface area contributed by atoms with Gasteiger partial charge in [-0.15, -0.1) is 0 Å². The lowest BCUT2D eigenvalue weighted by Crippen LogP contribution is -2.20. The maximum absolute atomic E-state index is 10.5. The molecule has 0 aliphatic rings. The molecule has 0 fully saturated rings. The average molecular weight is 253 g/mol. The molecule has 0 aromatic rings. The monoisotopic (exact) mass is 253 g/mol. The van der Waals surface area contributed by atoms with Gasteiger partial charge >= 0.3 is 0 Å². The number of halogens is 1. The van der Waals surface area contributed by atoms with E-state index < -0.39 is 0 Å². The molecule has 2 nitrogen and oxygen atoms in total. The molecule has 0 saturated carbocycles. The Balaban J connectivity index is 3.39. The predicted octanol–water partition coefficient (Wildman–Crippen LogP) is 1.84. The van der Waals surface area contributed by atoms with Gasteiger partial charge in [0.05, 0.1) is 0 Å². The van der Waals surface area contributed by atoms with E-state index in [1.807, 2.05) is 17.1 Å². The fraction of sp³-hybridized carbons (Fsp3) is 0.571.